The first kappa shape index (κ1) is 22.2. The third-order valence-electron chi connectivity index (χ3n) is 4.80. The summed E-state index contributed by atoms with van der Waals surface area (Å²) in [5, 5.41) is 3.23. The zero-order valence-electron chi connectivity index (χ0n) is 14.9. The van der Waals surface area contributed by atoms with Crippen molar-refractivity contribution in [2.75, 3.05) is 39.3 Å². The number of halogens is 2. The van der Waals surface area contributed by atoms with Gasteiger partial charge < -0.3 is 15.0 Å². The maximum absolute atomic E-state index is 12.6. The summed E-state index contributed by atoms with van der Waals surface area (Å²) in [7, 11) is 0. The van der Waals surface area contributed by atoms with Crippen LogP contribution in [0, 0.1) is 0 Å². The molecule has 7 heteroatoms. The van der Waals surface area contributed by atoms with Crippen molar-refractivity contribution in [2.45, 2.75) is 32.0 Å². The molecule has 2 fully saturated rings. The van der Waals surface area contributed by atoms with Crippen molar-refractivity contribution >= 4 is 30.7 Å². The quantitative estimate of drug-likeness (QED) is 0.857. The molecule has 1 N–H and O–H groups in total. The van der Waals surface area contributed by atoms with Gasteiger partial charge in [-0.15, -0.1) is 24.8 Å². The van der Waals surface area contributed by atoms with Gasteiger partial charge in [-0.05, 0) is 19.4 Å². The van der Waals surface area contributed by atoms with Crippen molar-refractivity contribution in [1.82, 2.24) is 15.1 Å². The minimum Gasteiger partial charge on any atom is -0.366 e. The highest BCUT2D eigenvalue weighted by atomic mass is 35.5. The van der Waals surface area contributed by atoms with Crippen LogP contribution in [0.4, 0.5) is 0 Å². The van der Waals surface area contributed by atoms with Crippen LogP contribution in [0.3, 0.4) is 0 Å². The highest BCUT2D eigenvalue weighted by Gasteiger charge is 2.37. The second-order valence-electron chi connectivity index (χ2n) is 7.04. The van der Waals surface area contributed by atoms with Crippen molar-refractivity contribution in [3.8, 4) is 0 Å². The van der Waals surface area contributed by atoms with E-state index in [-0.39, 0.29) is 42.4 Å². The van der Waals surface area contributed by atoms with Crippen LogP contribution >= 0.6 is 24.8 Å². The standard InChI is InChI=1S/C18H27N3O2.2ClH/c1-18(2)14-20(17(22)16-12-19-8-11-23-16)9-10-21(18)13-15-6-4-3-5-7-15;;/h3-7,16,19H,8-14H2,1-2H3;2*1H. The first-order valence-electron chi connectivity index (χ1n) is 8.46. The molecule has 5 nitrogen and oxygen atoms in total. The van der Waals surface area contributed by atoms with Gasteiger partial charge in [0.25, 0.3) is 5.91 Å². The Kier molecular flexibility index (Phi) is 8.64. The molecule has 1 atom stereocenters. The Labute approximate surface area is 162 Å². The van der Waals surface area contributed by atoms with E-state index in [0.717, 1.165) is 32.7 Å². The van der Waals surface area contributed by atoms with Gasteiger partial charge in [0.2, 0.25) is 0 Å². The molecule has 0 spiro atoms. The molecular weight excluding hydrogens is 361 g/mol. The van der Waals surface area contributed by atoms with Gasteiger partial charge in [0.05, 0.1) is 6.61 Å². The van der Waals surface area contributed by atoms with E-state index in [1.54, 1.807) is 0 Å². The zero-order valence-corrected chi connectivity index (χ0v) is 16.6. The molecule has 0 bridgehead atoms. The van der Waals surface area contributed by atoms with Gasteiger partial charge >= 0.3 is 0 Å². The zero-order chi connectivity index (χ0) is 16.3. The van der Waals surface area contributed by atoms with Crippen LogP contribution in [-0.4, -0.2) is 66.7 Å². The monoisotopic (exact) mass is 389 g/mol. The first-order chi connectivity index (χ1) is 11.1. The fourth-order valence-electron chi connectivity index (χ4n) is 3.40. The Bertz CT molecular complexity index is 536. The lowest BCUT2D eigenvalue weighted by Gasteiger charge is -2.48. The van der Waals surface area contributed by atoms with Crippen molar-refractivity contribution in [3.05, 3.63) is 35.9 Å². The second kappa shape index (κ2) is 9.74. The molecule has 3 rings (SSSR count). The number of amides is 1. The molecule has 1 amide bonds. The molecule has 0 radical (unpaired) electrons. The van der Waals surface area contributed by atoms with Crippen LogP contribution in [0.25, 0.3) is 0 Å². The maximum Gasteiger partial charge on any atom is 0.253 e. The van der Waals surface area contributed by atoms with Crippen molar-refractivity contribution in [3.63, 3.8) is 0 Å². The molecule has 2 aliphatic rings. The van der Waals surface area contributed by atoms with Gasteiger partial charge in [0, 0.05) is 44.8 Å². The Morgan fingerprint density at radius 2 is 1.96 bits per heavy atom. The number of hydrogen-bond acceptors (Lipinski definition) is 4. The summed E-state index contributed by atoms with van der Waals surface area (Å²) in [4.78, 5) is 17.1. The number of rotatable bonds is 3. The van der Waals surface area contributed by atoms with Crippen molar-refractivity contribution in [2.24, 2.45) is 0 Å². The summed E-state index contributed by atoms with van der Waals surface area (Å²) in [6.45, 7) is 9.86. The fraction of sp³-hybridized carbons (Fsp3) is 0.611. The van der Waals surface area contributed by atoms with Gasteiger partial charge in [-0.3, -0.25) is 9.69 Å². The molecule has 2 heterocycles. The number of carbonyl (C=O) groups is 1. The lowest BCUT2D eigenvalue weighted by atomic mass is 9.97. The van der Waals surface area contributed by atoms with E-state index in [2.05, 4.69) is 48.3 Å². The van der Waals surface area contributed by atoms with Crippen LogP contribution in [0.2, 0.25) is 0 Å². The molecular formula is C18H29Cl2N3O2. The summed E-state index contributed by atoms with van der Waals surface area (Å²) in [5.74, 6) is 0.129. The van der Waals surface area contributed by atoms with Gasteiger partial charge in [-0.2, -0.15) is 0 Å². The second-order valence-corrected chi connectivity index (χ2v) is 7.04. The highest BCUT2D eigenvalue weighted by molar-refractivity contribution is 5.85. The van der Waals surface area contributed by atoms with Gasteiger partial charge in [-0.25, -0.2) is 0 Å². The summed E-state index contributed by atoms with van der Waals surface area (Å²) >= 11 is 0. The summed E-state index contributed by atoms with van der Waals surface area (Å²) in [5.41, 5.74) is 1.28. The third-order valence-corrected chi connectivity index (χ3v) is 4.80. The number of hydrogen-bond donors (Lipinski definition) is 1. The van der Waals surface area contributed by atoms with Crippen LogP contribution in [0.15, 0.2) is 30.3 Å². The van der Waals surface area contributed by atoms with E-state index in [1.165, 1.54) is 5.56 Å². The lowest BCUT2D eigenvalue weighted by molar-refractivity contribution is -0.150. The van der Waals surface area contributed by atoms with E-state index in [1.807, 2.05) is 11.0 Å². The number of piperazine rings is 1. The molecule has 0 saturated carbocycles. The number of benzene rings is 1. The van der Waals surface area contributed by atoms with Crippen LogP contribution in [0.1, 0.15) is 19.4 Å². The van der Waals surface area contributed by atoms with E-state index >= 15 is 0 Å². The topological polar surface area (TPSA) is 44.8 Å². The van der Waals surface area contributed by atoms with Crippen molar-refractivity contribution < 1.29 is 9.53 Å². The SMILES string of the molecule is CC1(C)CN(C(=O)C2CNCCO2)CCN1Cc1ccccc1.Cl.Cl. The Balaban J connectivity index is 0.00000156. The molecule has 2 aliphatic heterocycles. The normalized spacial score (nSPS) is 23.3. The van der Waals surface area contributed by atoms with Crippen LogP contribution < -0.4 is 5.32 Å². The molecule has 0 aliphatic carbocycles. The maximum atomic E-state index is 12.6. The third kappa shape index (κ3) is 5.56. The van der Waals surface area contributed by atoms with Gasteiger partial charge in [0.1, 0.15) is 6.10 Å². The molecule has 2 saturated heterocycles. The first-order valence-corrected chi connectivity index (χ1v) is 8.46. The van der Waals surface area contributed by atoms with E-state index in [9.17, 15) is 4.79 Å². The number of morpholine rings is 1. The average Bonchev–Trinajstić information content (AvgIpc) is 2.57. The minimum atomic E-state index is -0.319. The van der Waals surface area contributed by atoms with Gasteiger partial charge in [0.15, 0.2) is 0 Å². The lowest BCUT2D eigenvalue weighted by Crippen LogP contribution is -2.62. The van der Waals surface area contributed by atoms with Crippen LogP contribution in [-0.2, 0) is 16.1 Å². The molecule has 142 valence electrons. The predicted molar refractivity (Wildman–Crippen MR) is 105 cm³/mol. The van der Waals surface area contributed by atoms with Gasteiger partial charge in [-0.1, -0.05) is 30.3 Å². The fourth-order valence-corrected chi connectivity index (χ4v) is 3.40. The Morgan fingerprint density at radius 3 is 2.56 bits per heavy atom. The molecule has 1 aromatic carbocycles. The molecule has 25 heavy (non-hydrogen) atoms. The van der Waals surface area contributed by atoms with E-state index < -0.39 is 0 Å². The Morgan fingerprint density at radius 1 is 1.24 bits per heavy atom. The van der Waals surface area contributed by atoms with E-state index in [4.69, 9.17) is 4.74 Å². The summed E-state index contributed by atoms with van der Waals surface area (Å²) in [6.07, 6.45) is -0.319. The number of carbonyl (C=O) groups excluding carboxylic acids is 1. The average molecular weight is 390 g/mol. The number of ether oxygens (including phenoxy) is 1. The summed E-state index contributed by atoms with van der Waals surface area (Å²) in [6, 6.07) is 10.5. The number of nitrogens with zero attached hydrogens (tertiary/aromatic N) is 2. The smallest absolute Gasteiger partial charge is 0.253 e. The number of nitrogens with one attached hydrogen (secondary N) is 1. The van der Waals surface area contributed by atoms with Crippen molar-refractivity contribution in [1.29, 1.82) is 0 Å². The highest BCUT2D eigenvalue weighted by Crippen LogP contribution is 2.24. The predicted octanol–water partition coefficient (Wildman–Crippen LogP) is 1.94. The van der Waals surface area contributed by atoms with E-state index in [0.29, 0.717) is 13.2 Å². The molecule has 1 unspecified atom stereocenters. The Hall–Kier alpha value is -0.850. The summed E-state index contributed by atoms with van der Waals surface area (Å²) < 4.78 is 5.62. The minimum absolute atomic E-state index is 0. The van der Waals surface area contributed by atoms with Crippen LogP contribution in [0.5, 0.6) is 0 Å². The largest absolute Gasteiger partial charge is 0.366 e. The molecule has 0 aromatic heterocycles. The molecule has 1 aromatic rings.